The zero-order valence-electron chi connectivity index (χ0n) is 20.0. The van der Waals surface area contributed by atoms with E-state index in [1.807, 2.05) is 75.4 Å². The van der Waals surface area contributed by atoms with Crippen molar-refractivity contribution in [1.82, 2.24) is 20.1 Å². The highest BCUT2D eigenvalue weighted by molar-refractivity contribution is 5.97. The van der Waals surface area contributed by atoms with Crippen LogP contribution in [0.4, 0.5) is 4.79 Å². The molecule has 2 aromatic carbocycles. The summed E-state index contributed by atoms with van der Waals surface area (Å²) in [6.07, 6.45) is 1.19. The highest BCUT2D eigenvalue weighted by atomic mass is 16.6. The van der Waals surface area contributed by atoms with E-state index in [2.05, 4.69) is 15.3 Å². The maximum atomic E-state index is 12.1. The number of aromatic nitrogens is 3. The molecule has 0 saturated heterocycles. The van der Waals surface area contributed by atoms with Crippen LogP contribution in [0.15, 0.2) is 90.1 Å². The van der Waals surface area contributed by atoms with Gasteiger partial charge in [-0.3, -0.25) is 9.98 Å². The third kappa shape index (κ3) is 6.32. The van der Waals surface area contributed by atoms with E-state index in [-0.39, 0.29) is 12.1 Å². The number of nitrogens with two attached hydrogens (primary N) is 1. The molecule has 4 aromatic rings. The van der Waals surface area contributed by atoms with Crippen molar-refractivity contribution in [3.8, 4) is 22.8 Å². The standard InChI is InChI=1S/C27H28N6O2/c1-27(2,3)31-25(28)23-16-24(33(32-23)20-10-6-4-7-11-20)22-15-14-19(17-29-22)18-30-26(34)35-21-12-8-5-9-13-21/h4-17H,18H2,1-3H3,(H2,28,31)(H,30,34). The van der Waals surface area contributed by atoms with E-state index >= 15 is 0 Å². The van der Waals surface area contributed by atoms with Gasteiger partial charge in [0.25, 0.3) is 0 Å². The number of hydrogen-bond acceptors (Lipinski definition) is 5. The van der Waals surface area contributed by atoms with E-state index in [0.717, 1.165) is 16.9 Å². The third-order valence-electron chi connectivity index (χ3n) is 4.91. The van der Waals surface area contributed by atoms with Crippen molar-refractivity contribution in [3.63, 3.8) is 0 Å². The molecule has 4 rings (SSSR count). The minimum atomic E-state index is -0.527. The smallest absolute Gasteiger partial charge is 0.410 e. The van der Waals surface area contributed by atoms with E-state index in [1.165, 1.54) is 0 Å². The van der Waals surface area contributed by atoms with Crippen molar-refractivity contribution in [2.75, 3.05) is 0 Å². The fourth-order valence-electron chi connectivity index (χ4n) is 3.36. The predicted octanol–water partition coefficient (Wildman–Crippen LogP) is 4.73. The first-order valence-electron chi connectivity index (χ1n) is 11.3. The summed E-state index contributed by atoms with van der Waals surface area (Å²) in [4.78, 5) is 21.2. The van der Waals surface area contributed by atoms with Gasteiger partial charge >= 0.3 is 6.09 Å². The van der Waals surface area contributed by atoms with E-state index < -0.39 is 6.09 Å². The molecule has 0 radical (unpaired) electrons. The summed E-state index contributed by atoms with van der Waals surface area (Å²) >= 11 is 0. The van der Waals surface area contributed by atoms with Crippen LogP contribution in [0.2, 0.25) is 0 Å². The zero-order chi connectivity index (χ0) is 24.8. The molecule has 8 nitrogen and oxygen atoms in total. The number of para-hydroxylation sites is 2. The molecule has 2 heterocycles. The van der Waals surface area contributed by atoms with Crippen molar-refractivity contribution >= 4 is 11.9 Å². The Bertz CT molecular complexity index is 1310. The average molecular weight is 469 g/mol. The molecule has 0 aliphatic carbocycles. The minimum Gasteiger partial charge on any atom is -0.410 e. The molecule has 0 bridgehead atoms. The molecule has 0 spiro atoms. The Morgan fingerprint density at radius 2 is 1.71 bits per heavy atom. The Labute approximate surface area is 204 Å². The number of ether oxygens (including phenoxy) is 1. The second kappa shape index (κ2) is 10.2. The number of rotatable bonds is 6. The predicted molar refractivity (Wildman–Crippen MR) is 137 cm³/mol. The minimum absolute atomic E-state index is 0.285. The Hall–Kier alpha value is -4.46. The second-order valence-corrected chi connectivity index (χ2v) is 8.94. The molecular weight excluding hydrogens is 440 g/mol. The van der Waals surface area contributed by atoms with Gasteiger partial charge in [0.1, 0.15) is 17.3 Å². The van der Waals surface area contributed by atoms with Crippen molar-refractivity contribution in [3.05, 3.63) is 96.3 Å². The van der Waals surface area contributed by atoms with Gasteiger partial charge in [-0.2, -0.15) is 5.10 Å². The van der Waals surface area contributed by atoms with Gasteiger partial charge in [0.05, 0.1) is 22.6 Å². The van der Waals surface area contributed by atoms with Crippen LogP contribution in [0.3, 0.4) is 0 Å². The quantitative estimate of drug-likeness (QED) is 0.314. The van der Waals surface area contributed by atoms with Gasteiger partial charge in [-0.1, -0.05) is 42.5 Å². The van der Waals surface area contributed by atoms with Crippen LogP contribution in [-0.2, 0) is 6.54 Å². The molecule has 1 amide bonds. The number of amidine groups is 1. The zero-order valence-corrected chi connectivity index (χ0v) is 20.0. The molecule has 0 aliphatic rings. The first kappa shape index (κ1) is 23.7. The lowest BCUT2D eigenvalue weighted by Gasteiger charge is -2.12. The number of hydrogen-bond donors (Lipinski definition) is 2. The van der Waals surface area contributed by atoms with Gasteiger partial charge in [-0.15, -0.1) is 0 Å². The Kier molecular flexibility index (Phi) is 6.91. The lowest BCUT2D eigenvalue weighted by molar-refractivity contribution is 0.200. The van der Waals surface area contributed by atoms with Gasteiger partial charge in [-0.05, 0) is 62.7 Å². The normalized spacial score (nSPS) is 11.8. The fraction of sp³-hybridized carbons (Fsp3) is 0.185. The molecule has 0 atom stereocenters. The van der Waals surface area contributed by atoms with Crippen LogP contribution in [0, 0.1) is 0 Å². The maximum absolute atomic E-state index is 12.1. The topological polar surface area (TPSA) is 107 Å². The van der Waals surface area contributed by atoms with Gasteiger partial charge in [0, 0.05) is 12.7 Å². The number of amides is 1. The van der Waals surface area contributed by atoms with Crippen molar-refractivity contribution < 1.29 is 9.53 Å². The van der Waals surface area contributed by atoms with Crippen molar-refractivity contribution in [1.29, 1.82) is 0 Å². The molecular formula is C27H28N6O2. The van der Waals surface area contributed by atoms with Crippen LogP contribution < -0.4 is 15.8 Å². The van der Waals surface area contributed by atoms with Crippen LogP contribution in [0.1, 0.15) is 32.0 Å². The summed E-state index contributed by atoms with van der Waals surface area (Å²) in [6.45, 7) is 6.24. The van der Waals surface area contributed by atoms with Gasteiger partial charge in [-0.25, -0.2) is 9.48 Å². The molecule has 35 heavy (non-hydrogen) atoms. The third-order valence-corrected chi connectivity index (χ3v) is 4.91. The number of carbonyl (C=O) groups excluding carboxylic acids is 1. The Balaban J connectivity index is 1.55. The van der Waals surface area contributed by atoms with Crippen LogP contribution in [-0.4, -0.2) is 32.2 Å². The monoisotopic (exact) mass is 468 g/mol. The van der Waals surface area contributed by atoms with E-state index in [4.69, 9.17) is 15.6 Å². The fourth-order valence-corrected chi connectivity index (χ4v) is 3.36. The number of nitrogens with one attached hydrogen (secondary N) is 1. The molecule has 8 heteroatoms. The molecule has 178 valence electrons. The lowest BCUT2D eigenvalue weighted by atomic mass is 10.1. The van der Waals surface area contributed by atoms with E-state index in [9.17, 15) is 4.79 Å². The highest BCUT2D eigenvalue weighted by Crippen LogP contribution is 2.23. The van der Waals surface area contributed by atoms with Crippen molar-refractivity contribution in [2.45, 2.75) is 32.9 Å². The number of pyridine rings is 1. The number of benzene rings is 2. The van der Waals surface area contributed by atoms with E-state index in [0.29, 0.717) is 23.0 Å². The van der Waals surface area contributed by atoms with Crippen molar-refractivity contribution in [2.24, 2.45) is 10.7 Å². The summed E-state index contributed by atoms with van der Waals surface area (Å²) in [7, 11) is 0. The lowest BCUT2D eigenvalue weighted by Crippen LogP contribution is -2.26. The number of aliphatic imine (C=N–C) groups is 1. The molecule has 0 aliphatic heterocycles. The Morgan fingerprint density at radius 3 is 2.34 bits per heavy atom. The maximum Gasteiger partial charge on any atom is 0.412 e. The SMILES string of the molecule is CC(C)(C)N=C(N)c1cc(-c2ccc(CNC(=O)Oc3ccccc3)cn2)n(-c2ccccc2)n1. The van der Waals surface area contributed by atoms with Crippen LogP contribution >= 0.6 is 0 Å². The molecule has 3 N–H and O–H groups in total. The number of carbonyl (C=O) groups is 1. The summed E-state index contributed by atoms with van der Waals surface area (Å²) in [5, 5.41) is 7.44. The highest BCUT2D eigenvalue weighted by Gasteiger charge is 2.17. The second-order valence-electron chi connectivity index (χ2n) is 8.94. The molecule has 2 aromatic heterocycles. The average Bonchev–Trinajstić information content (AvgIpc) is 3.29. The van der Waals surface area contributed by atoms with Gasteiger partial charge < -0.3 is 15.8 Å². The first-order chi connectivity index (χ1) is 16.8. The van der Waals surface area contributed by atoms with Gasteiger partial charge in [0.15, 0.2) is 0 Å². The van der Waals surface area contributed by atoms with Gasteiger partial charge in [0.2, 0.25) is 0 Å². The van der Waals surface area contributed by atoms with Crippen LogP contribution in [0.25, 0.3) is 17.1 Å². The largest absolute Gasteiger partial charge is 0.412 e. The first-order valence-corrected chi connectivity index (χ1v) is 11.3. The molecule has 0 fully saturated rings. The Morgan fingerprint density at radius 1 is 1.03 bits per heavy atom. The molecule has 0 unspecified atom stereocenters. The number of nitrogens with zero attached hydrogens (tertiary/aromatic N) is 4. The summed E-state index contributed by atoms with van der Waals surface area (Å²) in [5.74, 6) is 0.851. The summed E-state index contributed by atoms with van der Waals surface area (Å²) in [5.41, 5.74) is 9.73. The summed E-state index contributed by atoms with van der Waals surface area (Å²) in [6, 6.07) is 24.4. The van der Waals surface area contributed by atoms with E-state index in [1.54, 1.807) is 35.1 Å². The summed E-state index contributed by atoms with van der Waals surface area (Å²) < 4.78 is 7.05. The molecule has 0 saturated carbocycles. The van der Waals surface area contributed by atoms with Crippen LogP contribution in [0.5, 0.6) is 5.75 Å².